The lowest BCUT2D eigenvalue weighted by atomic mass is 9.91. The van der Waals surface area contributed by atoms with Crippen molar-refractivity contribution in [1.29, 1.82) is 0 Å². The van der Waals surface area contributed by atoms with Crippen LogP contribution in [0.2, 0.25) is 0 Å². The van der Waals surface area contributed by atoms with Crippen molar-refractivity contribution in [3.05, 3.63) is 34.9 Å². The fourth-order valence-electron chi connectivity index (χ4n) is 2.60. The highest BCUT2D eigenvalue weighted by molar-refractivity contribution is 7.15. The first-order chi connectivity index (χ1) is 11.8. The van der Waals surface area contributed by atoms with Crippen LogP contribution < -0.4 is 5.32 Å². The Labute approximate surface area is 150 Å². The monoisotopic (exact) mass is 359 g/mol. The summed E-state index contributed by atoms with van der Waals surface area (Å²) in [4.78, 5) is 39.8. The van der Waals surface area contributed by atoms with Gasteiger partial charge in [-0.3, -0.25) is 19.9 Å². The van der Waals surface area contributed by atoms with Crippen molar-refractivity contribution in [2.75, 3.05) is 11.9 Å². The summed E-state index contributed by atoms with van der Waals surface area (Å²) >= 11 is 1.41. The van der Waals surface area contributed by atoms with E-state index < -0.39 is 0 Å². The lowest BCUT2D eigenvalue weighted by Gasteiger charge is -2.29. The first-order valence-corrected chi connectivity index (χ1v) is 8.97. The second kappa shape index (κ2) is 6.87. The van der Waals surface area contributed by atoms with Gasteiger partial charge in [0.2, 0.25) is 5.91 Å². The van der Waals surface area contributed by atoms with Gasteiger partial charge < -0.3 is 4.90 Å². The SMILES string of the molecule is CC(C)(C)CC(=O)N1CCc2nc(NC(=O)c3cnccn3)sc2C1. The van der Waals surface area contributed by atoms with Crippen LogP contribution in [0.5, 0.6) is 0 Å². The van der Waals surface area contributed by atoms with Gasteiger partial charge in [0, 0.05) is 36.7 Å². The van der Waals surface area contributed by atoms with Crippen molar-refractivity contribution in [3.63, 3.8) is 0 Å². The molecule has 2 amide bonds. The molecule has 0 bridgehead atoms. The number of hydrogen-bond acceptors (Lipinski definition) is 6. The Morgan fingerprint density at radius 3 is 2.80 bits per heavy atom. The summed E-state index contributed by atoms with van der Waals surface area (Å²) in [5.74, 6) is -0.170. The molecule has 0 unspecified atom stereocenters. The van der Waals surface area contributed by atoms with Gasteiger partial charge in [0.05, 0.1) is 18.4 Å². The zero-order chi connectivity index (χ0) is 18.0. The van der Waals surface area contributed by atoms with Gasteiger partial charge in [0.1, 0.15) is 5.69 Å². The van der Waals surface area contributed by atoms with Gasteiger partial charge in [-0.1, -0.05) is 32.1 Å². The zero-order valence-electron chi connectivity index (χ0n) is 14.6. The van der Waals surface area contributed by atoms with E-state index in [0.717, 1.165) is 10.6 Å². The minimum absolute atomic E-state index is 0.0269. The second-order valence-corrected chi connectivity index (χ2v) is 8.32. The Kier molecular flexibility index (Phi) is 4.80. The van der Waals surface area contributed by atoms with E-state index in [4.69, 9.17) is 0 Å². The van der Waals surface area contributed by atoms with Crippen LogP contribution in [0.15, 0.2) is 18.6 Å². The number of aromatic nitrogens is 3. The highest BCUT2D eigenvalue weighted by Crippen LogP contribution is 2.30. The number of carbonyl (C=O) groups is 2. The lowest BCUT2D eigenvalue weighted by Crippen LogP contribution is -2.37. The summed E-state index contributed by atoms with van der Waals surface area (Å²) in [5.41, 5.74) is 1.18. The van der Waals surface area contributed by atoms with E-state index in [9.17, 15) is 9.59 Å². The molecule has 7 nitrogen and oxygen atoms in total. The van der Waals surface area contributed by atoms with Gasteiger partial charge in [0.15, 0.2) is 5.13 Å². The minimum atomic E-state index is -0.333. The number of anilines is 1. The van der Waals surface area contributed by atoms with E-state index in [1.807, 2.05) is 4.90 Å². The zero-order valence-corrected chi connectivity index (χ0v) is 15.4. The highest BCUT2D eigenvalue weighted by Gasteiger charge is 2.27. The summed E-state index contributed by atoms with van der Waals surface area (Å²) in [6.07, 6.45) is 5.64. The lowest BCUT2D eigenvalue weighted by molar-refractivity contribution is -0.133. The van der Waals surface area contributed by atoms with Crippen molar-refractivity contribution < 1.29 is 9.59 Å². The van der Waals surface area contributed by atoms with Gasteiger partial charge in [-0.25, -0.2) is 9.97 Å². The number of fused-ring (bicyclic) bond motifs is 1. The van der Waals surface area contributed by atoms with Crippen LogP contribution in [-0.4, -0.2) is 38.2 Å². The number of rotatable bonds is 3. The molecule has 0 saturated carbocycles. The van der Waals surface area contributed by atoms with Crippen LogP contribution in [0.3, 0.4) is 0 Å². The van der Waals surface area contributed by atoms with E-state index in [0.29, 0.717) is 31.1 Å². The maximum Gasteiger partial charge on any atom is 0.277 e. The third-order valence-electron chi connectivity index (χ3n) is 3.78. The Morgan fingerprint density at radius 2 is 2.12 bits per heavy atom. The van der Waals surface area contributed by atoms with Crippen molar-refractivity contribution in [2.45, 2.75) is 40.2 Å². The van der Waals surface area contributed by atoms with Gasteiger partial charge in [-0.15, -0.1) is 0 Å². The molecule has 0 aromatic carbocycles. The molecule has 3 heterocycles. The number of carbonyl (C=O) groups excluding carboxylic acids is 2. The highest BCUT2D eigenvalue weighted by atomic mass is 32.1. The molecule has 8 heteroatoms. The van der Waals surface area contributed by atoms with Crippen molar-refractivity contribution in [1.82, 2.24) is 19.9 Å². The maximum absolute atomic E-state index is 12.4. The standard InChI is InChI=1S/C17H21N5O2S/c1-17(2,3)8-14(23)22-7-4-11-13(10-22)25-16(20-11)21-15(24)12-9-18-5-6-19-12/h5-6,9H,4,7-8,10H2,1-3H3,(H,20,21,24). The molecule has 1 aliphatic heterocycles. The molecule has 0 saturated heterocycles. The number of amides is 2. The van der Waals surface area contributed by atoms with Crippen molar-refractivity contribution >= 4 is 28.3 Å². The molecular weight excluding hydrogens is 338 g/mol. The predicted molar refractivity (Wildman–Crippen MR) is 95.3 cm³/mol. The summed E-state index contributed by atoms with van der Waals surface area (Å²) in [5, 5.41) is 3.29. The summed E-state index contributed by atoms with van der Waals surface area (Å²) in [6, 6.07) is 0. The quantitative estimate of drug-likeness (QED) is 0.910. The summed E-state index contributed by atoms with van der Waals surface area (Å²) < 4.78 is 0. The number of thiazole rings is 1. The fourth-order valence-corrected chi connectivity index (χ4v) is 3.62. The van der Waals surface area contributed by atoms with Crippen molar-refractivity contribution in [3.8, 4) is 0 Å². The van der Waals surface area contributed by atoms with E-state index in [-0.39, 0.29) is 22.9 Å². The Hall–Kier alpha value is -2.35. The van der Waals surface area contributed by atoms with Crippen molar-refractivity contribution in [2.24, 2.45) is 5.41 Å². The average molecular weight is 359 g/mol. The molecule has 3 rings (SSSR count). The maximum atomic E-state index is 12.4. The topological polar surface area (TPSA) is 88.1 Å². The smallest absolute Gasteiger partial charge is 0.277 e. The first-order valence-electron chi connectivity index (χ1n) is 8.15. The van der Waals surface area contributed by atoms with Gasteiger partial charge in [-0.2, -0.15) is 0 Å². The largest absolute Gasteiger partial charge is 0.337 e. The van der Waals surface area contributed by atoms with Crippen LogP contribution in [-0.2, 0) is 17.8 Å². The predicted octanol–water partition coefficient (Wildman–Crippen LogP) is 2.51. The molecule has 0 spiro atoms. The van der Waals surface area contributed by atoms with E-state index >= 15 is 0 Å². The van der Waals surface area contributed by atoms with Crippen LogP contribution in [0.1, 0.15) is 48.3 Å². The number of nitrogens with zero attached hydrogens (tertiary/aromatic N) is 4. The molecule has 2 aromatic heterocycles. The van der Waals surface area contributed by atoms with Crippen LogP contribution in [0, 0.1) is 5.41 Å². The van der Waals surface area contributed by atoms with Crippen LogP contribution in [0.4, 0.5) is 5.13 Å². The molecular formula is C17H21N5O2S. The summed E-state index contributed by atoms with van der Waals surface area (Å²) in [6.45, 7) is 7.42. The third-order valence-corrected chi connectivity index (χ3v) is 4.78. The number of hydrogen-bond donors (Lipinski definition) is 1. The molecule has 2 aromatic rings. The molecule has 0 aliphatic carbocycles. The second-order valence-electron chi connectivity index (χ2n) is 7.24. The minimum Gasteiger partial charge on any atom is -0.337 e. The molecule has 25 heavy (non-hydrogen) atoms. The Morgan fingerprint density at radius 1 is 1.32 bits per heavy atom. The van der Waals surface area contributed by atoms with E-state index in [1.165, 1.54) is 29.9 Å². The first kappa shape index (κ1) is 17.5. The third kappa shape index (κ3) is 4.39. The number of nitrogens with one attached hydrogen (secondary N) is 1. The van der Waals surface area contributed by atoms with E-state index in [2.05, 4.69) is 41.0 Å². The van der Waals surface area contributed by atoms with Crippen LogP contribution >= 0.6 is 11.3 Å². The van der Waals surface area contributed by atoms with Crippen LogP contribution in [0.25, 0.3) is 0 Å². The molecule has 132 valence electrons. The molecule has 1 aliphatic rings. The van der Waals surface area contributed by atoms with E-state index in [1.54, 1.807) is 0 Å². The Balaban J connectivity index is 1.67. The Bertz CT molecular complexity index is 782. The fraction of sp³-hybridized carbons (Fsp3) is 0.471. The average Bonchev–Trinajstić information content (AvgIpc) is 2.95. The summed E-state index contributed by atoms with van der Waals surface area (Å²) in [7, 11) is 0. The van der Waals surface area contributed by atoms with Gasteiger partial charge >= 0.3 is 0 Å². The van der Waals surface area contributed by atoms with Gasteiger partial charge in [-0.05, 0) is 5.41 Å². The normalized spacial score (nSPS) is 14.1. The molecule has 0 fully saturated rings. The molecule has 1 N–H and O–H groups in total. The molecule has 0 atom stereocenters. The molecule has 0 radical (unpaired) electrons. The van der Waals surface area contributed by atoms with Gasteiger partial charge in [0.25, 0.3) is 5.91 Å².